The Kier molecular flexibility index (Phi) is 4.98. The van der Waals surface area contributed by atoms with Crippen molar-refractivity contribution in [1.82, 2.24) is 5.32 Å². The Labute approximate surface area is 143 Å². The Morgan fingerprint density at radius 1 is 1.40 bits per heavy atom. The first-order chi connectivity index (χ1) is 12.0. The Bertz CT molecular complexity index is 702. The zero-order chi connectivity index (χ0) is 18.0. The van der Waals surface area contributed by atoms with Gasteiger partial charge in [-0.25, -0.2) is 9.18 Å². The summed E-state index contributed by atoms with van der Waals surface area (Å²) in [6, 6.07) is 2.70. The second-order valence-electron chi connectivity index (χ2n) is 6.23. The predicted molar refractivity (Wildman–Crippen MR) is 85.8 cm³/mol. The highest BCUT2D eigenvalue weighted by atomic mass is 19.1. The molecule has 2 atom stereocenters. The first kappa shape index (κ1) is 17.3. The Morgan fingerprint density at radius 2 is 2.20 bits per heavy atom. The van der Waals surface area contributed by atoms with Crippen molar-refractivity contribution in [2.24, 2.45) is 5.92 Å². The molecule has 2 aliphatic heterocycles. The molecule has 0 aliphatic carbocycles. The van der Waals surface area contributed by atoms with E-state index in [1.807, 2.05) is 0 Å². The largest absolute Gasteiger partial charge is 0.480 e. The number of carbonyl (C=O) groups excluding carboxylic acids is 2. The number of aliphatic carboxylic acids is 1. The van der Waals surface area contributed by atoms with Crippen LogP contribution in [0.15, 0.2) is 18.2 Å². The quantitative estimate of drug-likeness (QED) is 0.831. The molecule has 2 unspecified atom stereocenters. The second kappa shape index (κ2) is 7.18. The first-order valence-electron chi connectivity index (χ1n) is 8.18. The molecule has 1 aromatic rings. The van der Waals surface area contributed by atoms with Crippen molar-refractivity contribution in [2.75, 3.05) is 24.7 Å². The predicted octanol–water partition coefficient (Wildman–Crippen LogP) is 1.17. The third-order valence-electron chi connectivity index (χ3n) is 4.57. The van der Waals surface area contributed by atoms with E-state index in [0.717, 1.165) is 6.07 Å². The van der Waals surface area contributed by atoms with E-state index in [1.165, 1.54) is 17.0 Å². The number of halogens is 1. The number of nitrogens with zero attached hydrogens (tertiary/aromatic N) is 1. The van der Waals surface area contributed by atoms with E-state index in [1.54, 1.807) is 0 Å². The summed E-state index contributed by atoms with van der Waals surface area (Å²) in [5.41, 5.74) is 0.160. The molecular weight excluding hydrogens is 331 g/mol. The molecule has 134 valence electrons. The van der Waals surface area contributed by atoms with Crippen LogP contribution in [0.4, 0.5) is 10.1 Å². The lowest BCUT2D eigenvalue weighted by atomic mass is 9.98. The van der Waals surface area contributed by atoms with Gasteiger partial charge in [0.2, 0.25) is 5.91 Å². The highest BCUT2D eigenvalue weighted by molar-refractivity contribution is 6.00. The molecule has 0 spiro atoms. The molecule has 8 heteroatoms. The van der Waals surface area contributed by atoms with Gasteiger partial charge in [-0.05, 0) is 31.0 Å². The van der Waals surface area contributed by atoms with Gasteiger partial charge in [0.05, 0.1) is 12.2 Å². The zero-order valence-corrected chi connectivity index (χ0v) is 13.5. The fourth-order valence-electron chi connectivity index (χ4n) is 3.19. The van der Waals surface area contributed by atoms with Crippen molar-refractivity contribution in [3.05, 3.63) is 29.6 Å². The molecule has 2 saturated heterocycles. The Morgan fingerprint density at radius 3 is 2.80 bits per heavy atom. The van der Waals surface area contributed by atoms with Crippen molar-refractivity contribution in [1.29, 1.82) is 0 Å². The third kappa shape index (κ3) is 3.63. The minimum Gasteiger partial charge on any atom is -0.480 e. The van der Waals surface area contributed by atoms with Crippen LogP contribution < -0.4 is 10.2 Å². The van der Waals surface area contributed by atoms with Crippen LogP contribution in [0.5, 0.6) is 0 Å². The number of rotatable bonds is 5. The number of ether oxygens (including phenoxy) is 1. The second-order valence-corrected chi connectivity index (χ2v) is 6.23. The van der Waals surface area contributed by atoms with Crippen molar-refractivity contribution in [3.63, 3.8) is 0 Å². The molecule has 0 aromatic heterocycles. The van der Waals surface area contributed by atoms with Crippen LogP contribution in [0.1, 0.15) is 29.6 Å². The molecule has 2 heterocycles. The van der Waals surface area contributed by atoms with Crippen LogP contribution in [0.2, 0.25) is 0 Å². The number of hydrogen-bond acceptors (Lipinski definition) is 4. The van der Waals surface area contributed by atoms with E-state index in [4.69, 9.17) is 4.74 Å². The monoisotopic (exact) mass is 350 g/mol. The van der Waals surface area contributed by atoms with Gasteiger partial charge in [-0.3, -0.25) is 9.59 Å². The summed E-state index contributed by atoms with van der Waals surface area (Å²) in [4.78, 5) is 37.2. The van der Waals surface area contributed by atoms with Crippen molar-refractivity contribution >= 4 is 23.5 Å². The lowest BCUT2D eigenvalue weighted by Gasteiger charge is -2.21. The summed E-state index contributed by atoms with van der Waals surface area (Å²) in [6.07, 6.45) is 1.64. The fraction of sp³-hybridized carbons (Fsp3) is 0.471. The zero-order valence-electron chi connectivity index (χ0n) is 13.5. The van der Waals surface area contributed by atoms with Gasteiger partial charge in [0, 0.05) is 31.2 Å². The molecule has 0 radical (unpaired) electrons. The van der Waals surface area contributed by atoms with Gasteiger partial charge < -0.3 is 20.1 Å². The minimum atomic E-state index is -1.19. The highest BCUT2D eigenvalue weighted by Crippen LogP contribution is 2.24. The molecule has 2 amide bonds. The number of carboxylic acid groups (broad SMARTS) is 1. The minimum absolute atomic E-state index is 0.0792. The lowest BCUT2D eigenvalue weighted by Crippen LogP contribution is -2.46. The van der Waals surface area contributed by atoms with E-state index >= 15 is 0 Å². The van der Waals surface area contributed by atoms with Crippen LogP contribution in [0, 0.1) is 11.7 Å². The molecule has 0 saturated carbocycles. The average molecular weight is 350 g/mol. The molecule has 1 aromatic carbocycles. The van der Waals surface area contributed by atoms with Crippen LogP contribution in [0.25, 0.3) is 0 Å². The summed E-state index contributed by atoms with van der Waals surface area (Å²) < 4.78 is 19.3. The lowest BCUT2D eigenvalue weighted by molar-refractivity contribution is -0.140. The van der Waals surface area contributed by atoms with E-state index in [2.05, 4.69) is 5.32 Å². The smallest absolute Gasteiger partial charge is 0.326 e. The average Bonchev–Trinajstić information content (AvgIpc) is 3.24. The van der Waals surface area contributed by atoms with Gasteiger partial charge in [0.15, 0.2) is 0 Å². The maximum atomic E-state index is 14.1. The molecule has 2 N–H and O–H groups in total. The maximum Gasteiger partial charge on any atom is 0.326 e. The number of carboxylic acids is 1. The summed E-state index contributed by atoms with van der Waals surface area (Å²) >= 11 is 0. The fourth-order valence-corrected chi connectivity index (χ4v) is 3.19. The van der Waals surface area contributed by atoms with Crippen LogP contribution in [0.3, 0.4) is 0 Å². The van der Waals surface area contributed by atoms with Gasteiger partial charge in [-0.1, -0.05) is 0 Å². The highest BCUT2D eigenvalue weighted by Gasteiger charge is 2.33. The molecule has 2 fully saturated rings. The van der Waals surface area contributed by atoms with Gasteiger partial charge in [-0.15, -0.1) is 0 Å². The normalized spacial score (nSPS) is 21.4. The number of nitrogens with one attached hydrogen (secondary N) is 1. The van der Waals surface area contributed by atoms with Gasteiger partial charge in [0.1, 0.15) is 11.9 Å². The van der Waals surface area contributed by atoms with Crippen LogP contribution >= 0.6 is 0 Å². The summed E-state index contributed by atoms with van der Waals surface area (Å²) in [7, 11) is 0. The summed E-state index contributed by atoms with van der Waals surface area (Å²) in [6.45, 7) is 1.19. The summed E-state index contributed by atoms with van der Waals surface area (Å²) in [5.74, 6) is -3.20. The molecule has 7 nitrogen and oxygen atoms in total. The molecule has 2 aliphatic rings. The van der Waals surface area contributed by atoms with E-state index in [9.17, 15) is 23.9 Å². The number of carbonyl (C=O) groups is 3. The van der Waals surface area contributed by atoms with E-state index in [0.29, 0.717) is 38.1 Å². The van der Waals surface area contributed by atoms with Gasteiger partial charge in [0.25, 0.3) is 5.91 Å². The van der Waals surface area contributed by atoms with Crippen LogP contribution in [-0.2, 0) is 14.3 Å². The number of anilines is 1. The van der Waals surface area contributed by atoms with Crippen LogP contribution in [-0.4, -0.2) is 48.7 Å². The number of amides is 2. The maximum absolute atomic E-state index is 14.1. The topological polar surface area (TPSA) is 95.9 Å². The molecule has 0 bridgehead atoms. The first-order valence-corrected chi connectivity index (χ1v) is 8.18. The third-order valence-corrected chi connectivity index (χ3v) is 4.57. The molecule has 25 heavy (non-hydrogen) atoms. The van der Waals surface area contributed by atoms with Crippen molar-refractivity contribution in [3.8, 4) is 0 Å². The van der Waals surface area contributed by atoms with Crippen molar-refractivity contribution < 1.29 is 28.6 Å². The van der Waals surface area contributed by atoms with E-state index in [-0.39, 0.29) is 24.0 Å². The Balaban J connectivity index is 1.80. The molecule has 3 rings (SSSR count). The van der Waals surface area contributed by atoms with Gasteiger partial charge in [-0.2, -0.15) is 0 Å². The van der Waals surface area contributed by atoms with E-state index < -0.39 is 23.7 Å². The number of benzene rings is 1. The van der Waals surface area contributed by atoms with Gasteiger partial charge >= 0.3 is 5.97 Å². The van der Waals surface area contributed by atoms with Crippen molar-refractivity contribution in [2.45, 2.75) is 25.3 Å². The number of hydrogen-bond donors (Lipinski definition) is 2. The standard InChI is InChI=1S/C17H19FN2O5/c18-13-4-3-11(20-6-1-2-14(20)21)8-12(13)16(22)19-15(17(23)24)10-5-7-25-9-10/h3-4,8,10,15H,1-2,5-7,9H2,(H,19,22)(H,23,24). The summed E-state index contributed by atoms with van der Waals surface area (Å²) in [5, 5.41) is 11.7. The Hall–Kier alpha value is -2.48. The SMILES string of the molecule is O=C(NC(C(=O)O)C1CCOC1)c1cc(N2CCCC2=O)ccc1F. The molecular formula is C17H19FN2O5.